The van der Waals surface area contributed by atoms with E-state index in [1.165, 1.54) is 12.1 Å². The van der Waals surface area contributed by atoms with Gasteiger partial charge in [0, 0.05) is 11.1 Å². The van der Waals surface area contributed by atoms with Crippen LogP contribution in [0.15, 0.2) is 18.2 Å². The Morgan fingerprint density at radius 1 is 1.31 bits per heavy atom. The van der Waals surface area contributed by atoms with E-state index < -0.39 is 0 Å². The standard InChI is InChI=1S/C12H12FN3/c13-7-4-5-11-9(6-7)12(16-14)8-2-1-3-10(8)15-11/h4-6H,1-3,14H2,(H,15,16). The molecule has 0 saturated carbocycles. The molecule has 0 aliphatic heterocycles. The highest BCUT2D eigenvalue weighted by Gasteiger charge is 2.19. The lowest BCUT2D eigenvalue weighted by atomic mass is 10.1. The van der Waals surface area contributed by atoms with Crippen molar-refractivity contribution >= 4 is 16.6 Å². The molecular formula is C12H12FN3. The normalized spacial score (nSPS) is 14.1. The number of nitrogen functional groups attached to an aromatic ring is 1. The number of aromatic nitrogens is 1. The highest BCUT2D eigenvalue weighted by atomic mass is 19.1. The van der Waals surface area contributed by atoms with Gasteiger partial charge in [-0.3, -0.25) is 10.8 Å². The van der Waals surface area contributed by atoms with Crippen molar-refractivity contribution in [1.82, 2.24) is 4.98 Å². The molecule has 0 amide bonds. The number of fused-ring (bicyclic) bond motifs is 2. The van der Waals surface area contributed by atoms with E-state index in [0.717, 1.165) is 47.1 Å². The number of rotatable bonds is 1. The molecule has 3 nitrogen and oxygen atoms in total. The van der Waals surface area contributed by atoms with Crippen LogP contribution in [-0.4, -0.2) is 4.98 Å². The van der Waals surface area contributed by atoms with Crippen LogP contribution in [0.25, 0.3) is 10.9 Å². The van der Waals surface area contributed by atoms with Crippen LogP contribution in [0.5, 0.6) is 0 Å². The summed E-state index contributed by atoms with van der Waals surface area (Å²) < 4.78 is 13.2. The summed E-state index contributed by atoms with van der Waals surface area (Å²) in [5, 5.41) is 0.767. The summed E-state index contributed by atoms with van der Waals surface area (Å²) in [7, 11) is 0. The van der Waals surface area contributed by atoms with Crippen molar-refractivity contribution in [2.24, 2.45) is 5.84 Å². The van der Waals surface area contributed by atoms with Gasteiger partial charge in [0.2, 0.25) is 0 Å². The maximum Gasteiger partial charge on any atom is 0.124 e. The summed E-state index contributed by atoms with van der Waals surface area (Å²) in [5.41, 5.74) is 6.55. The smallest absolute Gasteiger partial charge is 0.124 e. The molecule has 3 rings (SSSR count). The van der Waals surface area contributed by atoms with E-state index in [0.29, 0.717) is 0 Å². The maximum atomic E-state index is 13.2. The van der Waals surface area contributed by atoms with Crippen LogP contribution in [0, 0.1) is 5.82 Å². The minimum absolute atomic E-state index is 0.260. The fourth-order valence-corrected chi connectivity index (χ4v) is 2.40. The van der Waals surface area contributed by atoms with Gasteiger partial charge in [-0.1, -0.05) is 0 Å². The molecule has 82 valence electrons. The molecule has 2 aromatic rings. The Kier molecular flexibility index (Phi) is 2.04. The molecule has 0 atom stereocenters. The average Bonchev–Trinajstić information content (AvgIpc) is 2.73. The molecule has 0 saturated heterocycles. The van der Waals surface area contributed by atoms with Gasteiger partial charge in [-0.2, -0.15) is 0 Å². The summed E-state index contributed by atoms with van der Waals surface area (Å²) in [6.45, 7) is 0. The second kappa shape index (κ2) is 3.42. The van der Waals surface area contributed by atoms with Gasteiger partial charge in [-0.15, -0.1) is 0 Å². The molecule has 0 spiro atoms. The molecule has 1 heterocycles. The fourth-order valence-electron chi connectivity index (χ4n) is 2.40. The summed E-state index contributed by atoms with van der Waals surface area (Å²) in [6.07, 6.45) is 3.04. The van der Waals surface area contributed by atoms with Crippen molar-refractivity contribution < 1.29 is 4.39 Å². The van der Waals surface area contributed by atoms with Crippen molar-refractivity contribution in [2.75, 3.05) is 5.43 Å². The van der Waals surface area contributed by atoms with E-state index in [1.807, 2.05) is 0 Å². The van der Waals surface area contributed by atoms with Gasteiger partial charge in [0.15, 0.2) is 0 Å². The lowest BCUT2D eigenvalue weighted by molar-refractivity contribution is 0.629. The second-order valence-corrected chi connectivity index (χ2v) is 4.07. The van der Waals surface area contributed by atoms with E-state index in [1.54, 1.807) is 6.07 Å². The second-order valence-electron chi connectivity index (χ2n) is 4.07. The first-order valence-electron chi connectivity index (χ1n) is 5.37. The zero-order valence-corrected chi connectivity index (χ0v) is 8.76. The fraction of sp³-hybridized carbons (Fsp3) is 0.250. The molecule has 0 fully saturated rings. The number of hydrazine groups is 1. The van der Waals surface area contributed by atoms with Gasteiger partial charge in [0.1, 0.15) is 5.82 Å². The van der Waals surface area contributed by atoms with Crippen molar-refractivity contribution in [3.05, 3.63) is 35.3 Å². The number of nitrogens with zero attached hydrogens (tertiary/aromatic N) is 1. The molecule has 0 bridgehead atoms. The number of hydrogen-bond acceptors (Lipinski definition) is 3. The van der Waals surface area contributed by atoms with Gasteiger partial charge in [0.25, 0.3) is 0 Å². The lowest BCUT2D eigenvalue weighted by Gasteiger charge is -2.11. The van der Waals surface area contributed by atoms with E-state index in [2.05, 4.69) is 10.4 Å². The van der Waals surface area contributed by atoms with Crippen molar-refractivity contribution in [2.45, 2.75) is 19.3 Å². The molecule has 0 radical (unpaired) electrons. The molecule has 1 aromatic carbocycles. The Morgan fingerprint density at radius 2 is 2.19 bits per heavy atom. The van der Waals surface area contributed by atoms with Crippen LogP contribution in [0.3, 0.4) is 0 Å². The van der Waals surface area contributed by atoms with Crippen molar-refractivity contribution in [3.63, 3.8) is 0 Å². The van der Waals surface area contributed by atoms with Gasteiger partial charge in [-0.05, 0) is 43.0 Å². The zero-order valence-electron chi connectivity index (χ0n) is 8.76. The van der Waals surface area contributed by atoms with Gasteiger partial charge < -0.3 is 5.43 Å². The molecule has 4 heteroatoms. The number of anilines is 1. The Bertz CT molecular complexity index is 566. The third-order valence-corrected chi connectivity index (χ3v) is 3.12. The number of nitrogens with one attached hydrogen (secondary N) is 1. The van der Waals surface area contributed by atoms with Gasteiger partial charge in [-0.25, -0.2) is 4.39 Å². The SMILES string of the molecule is NNc1c2c(nc3ccc(F)cc13)CCC2. The highest BCUT2D eigenvalue weighted by molar-refractivity contribution is 5.93. The van der Waals surface area contributed by atoms with E-state index >= 15 is 0 Å². The van der Waals surface area contributed by atoms with Crippen molar-refractivity contribution in [3.8, 4) is 0 Å². The first kappa shape index (κ1) is 9.54. The first-order valence-corrected chi connectivity index (χ1v) is 5.37. The van der Waals surface area contributed by atoms with Crippen molar-refractivity contribution in [1.29, 1.82) is 0 Å². The van der Waals surface area contributed by atoms with Crippen LogP contribution >= 0.6 is 0 Å². The molecule has 16 heavy (non-hydrogen) atoms. The molecule has 1 aliphatic carbocycles. The number of benzene rings is 1. The molecule has 3 N–H and O–H groups in total. The summed E-state index contributed by atoms with van der Waals surface area (Å²) in [6, 6.07) is 4.61. The van der Waals surface area contributed by atoms with Gasteiger partial charge >= 0.3 is 0 Å². The number of pyridine rings is 1. The Labute approximate surface area is 92.4 Å². The molecule has 1 aromatic heterocycles. The molecule has 1 aliphatic rings. The molecule has 0 unspecified atom stereocenters. The minimum atomic E-state index is -0.260. The predicted octanol–water partition coefficient (Wildman–Crippen LogP) is 2.15. The monoisotopic (exact) mass is 217 g/mol. The summed E-state index contributed by atoms with van der Waals surface area (Å²) in [4.78, 5) is 4.54. The number of halogens is 1. The zero-order chi connectivity index (χ0) is 11.1. The summed E-state index contributed by atoms with van der Waals surface area (Å²) >= 11 is 0. The van der Waals surface area contributed by atoms with Gasteiger partial charge in [0.05, 0.1) is 11.2 Å². The van der Waals surface area contributed by atoms with Crippen LogP contribution in [0.2, 0.25) is 0 Å². The first-order chi connectivity index (χ1) is 7.79. The number of aryl methyl sites for hydroxylation is 1. The van der Waals surface area contributed by atoms with E-state index in [9.17, 15) is 4.39 Å². The quantitative estimate of drug-likeness (QED) is 0.568. The largest absolute Gasteiger partial charge is 0.323 e. The highest BCUT2D eigenvalue weighted by Crippen LogP contribution is 2.33. The average molecular weight is 217 g/mol. The topological polar surface area (TPSA) is 50.9 Å². The Hall–Kier alpha value is -1.68. The minimum Gasteiger partial charge on any atom is -0.323 e. The van der Waals surface area contributed by atoms with Crippen LogP contribution in [0.1, 0.15) is 17.7 Å². The lowest BCUT2D eigenvalue weighted by Crippen LogP contribution is -2.10. The van der Waals surface area contributed by atoms with E-state index in [-0.39, 0.29) is 5.82 Å². The number of nitrogens with two attached hydrogens (primary N) is 1. The summed E-state index contributed by atoms with van der Waals surface area (Å²) in [5.74, 6) is 5.28. The third-order valence-electron chi connectivity index (χ3n) is 3.12. The van der Waals surface area contributed by atoms with Crippen LogP contribution in [0.4, 0.5) is 10.1 Å². The molecular weight excluding hydrogens is 205 g/mol. The maximum absolute atomic E-state index is 13.2. The van der Waals surface area contributed by atoms with E-state index in [4.69, 9.17) is 5.84 Å². The predicted molar refractivity (Wildman–Crippen MR) is 61.5 cm³/mol. The third kappa shape index (κ3) is 1.27. The Morgan fingerprint density at radius 3 is 3.00 bits per heavy atom. The van der Waals surface area contributed by atoms with Crippen LogP contribution < -0.4 is 11.3 Å². The number of hydrogen-bond donors (Lipinski definition) is 2. The Balaban J connectivity index is 2.40. The van der Waals surface area contributed by atoms with Crippen LogP contribution in [-0.2, 0) is 12.8 Å².